The summed E-state index contributed by atoms with van der Waals surface area (Å²) in [7, 11) is 0. The number of hydrogen-bond donors (Lipinski definition) is 0. The number of ether oxygens (including phenoxy) is 1. The number of hydrogen-bond acceptors (Lipinski definition) is 1. The second-order valence-corrected chi connectivity index (χ2v) is 5.87. The molecule has 1 atom stereocenters. The minimum Gasteiger partial charge on any atom is -0.493 e. The van der Waals surface area contributed by atoms with Gasteiger partial charge in [0.05, 0.1) is 6.61 Å². The predicted molar refractivity (Wildman–Crippen MR) is 77.4 cm³/mol. The smallest absolute Gasteiger partial charge is 0.123 e. The van der Waals surface area contributed by atoms with Gasteiger partial charge in [0, 0.05) is 11.2 Å². The molecule has 0 bridgehead atoms. The van der Waals surface area contributed by atoms with Crippen molar-refractivity contribution in [2.75, 3.05) is 6.61 Å². The van der Waals surface area contributed by atoms with Crippen molar-refractivity contribution in [1.29, 1.82) is 0 Å². The molecule has 98 valence electrons. The lowest BCUT2D eigenvalue weighted by molar-refractivity contribution is 0.357. The van der Waals surface area contributed by atoms with Crippen LogP contribution in [-0.2, 0) is 12.8 Å². The van der Waals surface area contributed by atoms with Gasteiger partial charge in [-0.1, -0.05) is 40.2 Å². The summed E-state index contributed by atoms with van der Waals surface area (Å²) in [6.45, 7) is 0.781. The van der Waals surface area contributed by atoms with Crippen LogP contribution in [0.5, 0.6) is 5.75 Å². The van der Waals surface area contributed by atoms with E-state index in [1.54, 1.807) is 0 Å². The van der Waals surface area contributed by atoms with Crippen molar-refractivity contribution in [1.82, 2.24) is 0 Å². The van der Waals surface area contributed by atoms with Crippen LogP contribution in [0.25, 0.3) is 0 Å². The Hall–Kier alpha value is -1.35. The molecule has 1 heterocycles. The van der Waals surface area contributed by atoms with Crippen molar-refractivity contribution >= 4 is 15.9 Å². The summed E-state index contributed by atoms with van der Waals surface area (Å²) in [6.07, 6.45) is 1.83. The van der Waals surface area contributed by atoms with E-state index in [9.17, 15) is 4.39 Å². The molecular formula is C16H14BrFO. The van der Waals surface area contributed by atoms with Crippen LogP contribution in [0.2, 0.25) is 0 Å². The molecular weight excluding hydrogens is 307 g/mol. The first-order valence-corrected chi connectivity index (χ1v) is 7.28. The standard InChI is InChI=1S/C16H14BrFO/c17-15(9-11-1-4-14(18)5-2-11)12-3-6-16-13(10-12)7-8-19-16/h1-6,10,15H,7-9H2. The van der Waals surface area contributed by atoms with Gasteiger partial charge in [0.2, 0.25) is 0 Å². The van der Waals surface area contributed by atoms with E-state index in [-0.39, 0.29) is 10.6 Å². The van der Waals surface area contributed by atoms with Gasteiger partial charge in [0.1, 0.15) is 11.6 Å². The Labute approximate surface area is 120 Å². The quantitative estimate of drug-likeness (QED) is 0.760. The fourth-order valence-electron chi connectivity index (χ4n) is 2.35. The molecule has 0 saturated heterocycles. The van der Waals surface area contributed by atoms with Crippen LogP contribution in [0.15, 0.2) is 42.5 Å². The minimum atomic E-state index is -0.190. The lowest BCUT2D eigenvalue weighted by Gasteiger charge is -2.11. The maximum absolute atomic E-state index is 12.9. The fourth-order valence-corrected chi connectivity index (χ4v) is 3.01. The highest BCUT2D eigenvalue weighted by Crippen LogP contribution is 2.33. The Bertz CT molecular complexity index is 580. The summed E-state index contributed by atoms with van der Waals surface area (Å²) >= 11 is 3.71. The molecule has 19 heavy (non-hydrogen) atoms. The Kier molecular flexibility index (Phi) is 3.56. The molecule has 1 unspecified atom stereocenters. The van der Waals surface area contributed by atoms with Gasteiger partial charge in [-0.05, 0) is 41.3 Å². The number of halogens is 2. The molecule has 3 heteroatoms. The molecule has 3 rings (SSSR count). The summed E-state index contributed by atoms with van der Waals surface area (Å²) in [4.78, 5) is 0.240. The van der Waals surface area contributed by atoms with E-state index in [1.165, 1.54) is 23.3 Å². The molecule has 0 aliphatic carbocycles. The molecule has 2 aromatic carbocycles. The average molecular weight is 321 g/mol. The summed E-state index contributed by atoms with van der Waals surface area (Å²) in [6, 6.07) is 13.0. The zero-order valence-electron chi connectivity index (χ0n) is 10.4. The van der Waals surface area contributed by atoms with Crippen LogP contribution in [0.1, 0.15) is 21.5 Å². The van der Waals surface area contributed by atoms with E-state index in [0.717, 1.165) is 30.8 Å². The number of rotatable bonds is 3. The van der Waals surface area contributed by atoms with Crippen LogP contribution in [0, 0.1) is 5.82 Å². The van der Waals surface area contributed by atoms with E-state index in [2.05, 4.69) is 28.1 Å². The number of fused-ring (bicyclic) bond motifs is 1. The van der Waals surface area contributed by atoms with Crippen molar-refractivity contribution in [2.24, 2.45) is 0 Å². The SMILES string of the molecule is Fc1ccc(CC(Br)c2ccc3c(c2)CCO3)cc1. The third-order valence-electron chi connectivity index (χ3n) is 3.40. The van der Waals surface area contributed by atoms with E-state index >= 15 is 0 Å². The maximum atomic E-state index is 12.9. The molecule has 0 aromatic heterocycles. The van der Waals surface area contributed by atoms with Crippen molar-refractivity contribution in [2.45, 2.75) is 17.7 Å². The second-order valence-electron chi connectivity index (χ2n) is 4.76. The topological polar surface area (TPSA) is 9.23 Å². The molecule has 0 N–H and O–H groups in total. The summed E-state index contributed by atoms with van der Waals surface area (Å²) in [5.41, 5.74) is 3.65. The van der Waals surface area contributed by atoms with Crippen molar-refractivity contribution in [3.05, 3.63) is 65.0 Å². The van der Waals surface area contributed by atoms with Crippen molar-refractivity contribution < 1.29 is 9.13 Å². The van der Waals surface area contributed by atoms with E-state index in [1.807, 2.05) is 18.2 Å². The van der Waals surface area contributed by atoms with Crippen molar-refractivity contribution in [3.63, 3.8) is 0 Å². The highest BCUT2D eigenvalue weighted by Gasteiger charge is 2.15. The number of alkyl halides is 1. The lowest BCUT2D eigenvalue weighted by atomic mass is 10.0. The summed E-state index contributed by atoms with van der Waals surface area (Å²) < 4.78 is 18.4. The monoisotopic (exact) mass is 320 g/mol. The lowest BCUT2D eigenvalue weighted by Crippen LogP contribution is -1.96. The van der Waals surface area contributed by atoms with E-state index < -0.39 is 0 Å². The van der Waals surface area contributed by atoms with Crippen molar-refractivity contribution in [3.8, 4) is 5.75 Å². The molecule has 0 radical (unpaired) electrons. The van der Waals surface area contributed by atoms with Gasteiger partial charge in [0.15, 0.2) is 0 Å². The molecule has 0 spiro atoms. The molecule has 0 saturated carbocycles. The largest absolute Gasteiger partial charge is 0.493 e. The van der Waals surface area contributed by atoms with Gasteiger partial charge >= 0.3 is 0 Å². The van der Waals surface area contributed by atoms with Crippen LogP contribution in [0.4, 0.5) is 4.39 Å². The van der Waals surface area contributed by atoms with Crippen LogP contribution < -0.4 is 4.74 Å². The van der Waals surface area contributed by atoms with Crippen LogP contribution >= 0.6 is 15.9 Å². The molecule has 0 amide bonds. The third-order valence-corrected chi connectivity index (χ3v) is 4.26. The van der Waals surface area contributed by atoms with Gasteiger partial charge in [-0.3, -0.25) is 0 Å². The highest BCUT2D eigenvalue weighted by molar-refractivity contribution is 9.09. The van der Waals surface area contributed by atoms with E-state index in [0.29, 0.717) is 0 Å². The first-order valence-electron chi connectivity index (χ1n) is 6.36. The van der Waals surface area contributed by atoms with Gasteiger partial charge in [-0.25, -0.2) is 4.39 Å². The highest BCUT2D eigenvalue weighted by atomic mass is 79.9. The minimum absolute atomic E-state index is 0.190. The third kappa shape index (κ3) is 2.81. The molecule has 1 nitrogen and oxygen atoms in total. The Balaban J connectivity index is 1.76. The Morgan fingerprint density at radius 3 is 2.74 bits per heavy atom. The maximum Gasteiger partial charge on any atom is 0.123 e. The van der Waals surface area contributed by atoms with Crippen LogP contribution in [-0.4, -0.2) is 6.61 Å². The zero-order valence-corrected chi connectivity index (χ0v) is 12.0. The van der Waals surface area contributed by atoms with E-state index in [4.69, 9.17) is 4.74 Å². The first kappa shape index (κ1) is 12.7. The van der Waals surface area contributed by atoms with Gasteiger partial charge in [-0.15, -0.1) is 0 Å². The molecule has 0 fully saturated rings. The molecule has 2 aromatic rings. The average Bonchev–Trinajstić information content (AvgIpc) is 2.88. The Morgan fingerprint density at radius 1 is 1.16 bits per heavy atom. The first-order chi connectivity index (χ1) is 9.22. The normalized spacial score (nSPS) is 14.8. The predicted octanol–water partition coefficient (Wildman–Crippen LogP) is 4.44. The summed E-state index contributed by atoms with van der Waals surface area (Å²) in [5, 5.41) is 0. The zero-order chi connectivity index (χ0) is 13.2. The second kappa shape index (κ2) is 5.33. The molecule has 1 aliphatic heterocycles. The Morgan fingerprint density at radius 2 is 1.95 bits per heavy atom. The summed E-state index contributed by atoms with van der Waals surface area (Å²) in [5.74, 6) is 0.815. The molecule has 1 aliphatic rings. The van der Waals surface area contributed by atoms with Gasteiger partial charge < -0.3 is 4.74 Å². The van der Waals surface area contributed by atoms with Crippen LogP contribution in [0.3, 0.4) is 0 Å². The van der Waals surface area contributed by atoms with Gasteiger partial charge in [-0.2, -0.15) is 0 Å². The fraction of sp³-hybridized carbons (Fsp3) is 0.250. The van der Waals surface area contributed by atoms with Gasteiger partial charge in [0.25, 0.3) is 0 Å². The number of benzene rings is 2.